The van der Waals surface area contributed by atoms with E-state index in [0.29, 0.717) is 23.5 Å². The number of carbonyl (C=O) groups excluding carboxylic acids is 1. The van der Waals surface area contributed by atoms with Crippen molar-refractivity contribution in [2.75, 3.05) is 13.7 Å². The van der Waals surface area contributed by atoms with E-state index in [4.69, 9.17) is 4.74 Å². The third-order valence-electron chi connectivity index (χ3n) is 8.21. The van der Waals surface area contributed by atoms with Crippen LogP contribution in [-0.2, 0) is 9.53 Å². The van der Waals surface area contributed by atoms with E-state index in [-0.39, 0.29) is 30.0 Å². The number of fused-ring (bicyclic) bond motifs is 1. The number of Topliss-reactive ketones (excluding diaryl/α,β-unsaturated/α-hetero) is 1. The van der Waals surface area contributed by atoms with Crippen LogP contribution >= 0.6 is 0 Å². The summed E-state index contributed by atoms with van der Waals surface area (Å²) in [7, 11) is 1.80. The third kappa shape index (κ3) is 2.34. The standard InChI is InChI=1S/C21H34O3/c1-6-20(4)11-15-13(2)7-9-21(14(3)19(20)23)10-8-17(24-5)18(21)16(15)12-22/h6,13-18,22H,1,7-12H2,2-5H3/t13-,14+,15-,16?,17?,18?,20-,21+/m1/s1. The fourth-order valence-corrected chi connectivity index (χ4v) is 6.64. The molecule has 3 rings (SSSR count). The van der Waals surface area contributed by atoms with Crippen LogP contribution in [0.25, 0.3) is 0 Å². The molecule has 3 aliphatic carbocycles. The third-order valence-corrected chi connectivity index (χ3v) is 8.21. The van der Waals surface area contributed by atoms with Crippen molar-refractivity contribution in [3.05, 3.63) is 12.7 Å². The molecule has 3 aliphatic rings. The maximum Gasteiger partial charge on any atom is 0.145 e. The second-order valence-corrected chi connectivity index (χ2v) is 9.01. The first-order valence-corrected chi connectivity index (χ1v) is 9.66. The van der Waals surface area contributed by atoms with Crippen molar-refractivity contribution in [2.45, 2.75) is 59.0 Å². The van der Waals surface area contributed by atoms with E-state index in [0.717, 1.165) is 32.1 Å². The van der Waals surface area contributed by atoms with Gasteiger partial charge in [0.2, 0.25) is 0 Å². The Balaban J connectivity index is 2.18. The quantitative estimate of drug-likeness (QED) is 0.797. The summed E-state index contributed by atoms with van der Waals surface area (Å²) in [5, 5.41) is 10.4. The van der Waals surface area contributed by atoms with Gasteiger partial charge in [0.05, 0.1) is 6.10 Å². The molecule has 3 saturated carbocycles. The van der Waals surface area contributed by atoms with Gasteiger partial charge < -0.3 is 9.84 Å². The summed E-state index contributed by atoms with van der Waals surface area (Å²) in [4.78, 5) is 13.5. The van der Waals surface area contributed by atoms with Gasteiger partial charge in [0.25, 0.3) is 0 Å². The monoisotopic (exact) mass is 334 g/mol. The van der Waals surface area contributed by atoms with Gasteiger partial charge in [-0.05, 0) is 68.1 Å². The summed E-state index contributed by atoms with van der Waals surface area (Å²) >= 11 is 0. The Morgan fingerprint density at radius 3 is 2.58 bits per heavy atom. The number of hydrogen-bond acceptors (Lipinski definition) is 3. The molecule has 24 heavy (non-hydrogen) atoms. The topological polar surface area (TPSA) is 46.5 Å². The second-order valence-electron chi connectivity index (χ2n) is 9.01. The first-order chi connectivity index (χ1) is 11.3. The minimum atomic E-state index is -0.473. The molecule has 3 heteroatoms. The van der Waals surface area contributed by atoms with Crippen molar-refractivity contribution in [1.82, 2.24) is 0 Å². The van der Waals surface area contributed by atoms with Crippen LogP contribution in [0.15, 0.2) is 12.7 Å². The Kier molecular flexibility index (Phi) is 4.72. The Labute approximate surface area is 146 Å². The molecule has 0 spiro atoms. The number of ketones is 1. The Morgan fingerprint density at radius 1 is 1.33 bits per heavy atom. The zero-order valence-electron chi connectivity index (χ0n) is 15.8. The molecule has 0 aromatic rings. The summed E-state index contributed by atoms with van der Waals surface area (Å²) in [6.07, 6.45) is 7.17. The fraction of sp³-hybridized carbons (Fsp3) is 0.857. The van der Waals surface area contributed by atoms with Crippen LogP contribution < -0.4 is 0 Å². The molecule has 3 nitrogen and oxygen atoms in total. The van der Waals surface area contributed by atoms with Crippen molar-refractivity contribution in [3.63, 3.8) is 0 Å². The first kappa shape index (κ1) is 18.1. The predicted octanol–water partition coefficient (Wildman–Crippen LogP) is 3.85. The highest BCUT2D eigenvalue weighted by molar-refractivity contribution is 5.89. The van der Waals surface area contributed by atoms with Crippen LogP contribution in [0.1, 0.15) is 52.9 Å². The largest absolute Gasteiger partial charge is 0.396 e. The highest BCUT2D eigenvalue weighted by atomic mass is 16.5. The molecule has 0 radical (unpaired) electrons. The Bertz CT molecular complexity index is 515. The highest BCUT2D eigenvalue weighted by Crippen LogP contribution is 2.63. The lowest BCUT2D eigenvalue weighted by Gasteiger charge is -2.49. The van der Waals surface area contributed by atoms with Gasteiger partial charge in [-0.15, -0.1) is 6.58 Å². The van der Waals surface area contributed by atoms with Gasteiger partial charge in [0, 0.05) is 25.0 Å². The molecule has 0 aromatic carbocycles. The molecule has 3 fully saturated rings. The molecular formula is C21H34O3. The average Bonchev–Trinajstić information content (AvgIpc) is 2.92. The lowest BCUT2D eigenvalue weighted by atomic mass is 9.54. The predicted molar refractivity (Wildman–Crippen MR) is 95.5 cm³/mol. The molecule has 3 unspecified atom stereocenters. The summed E-state index contributed by atoms with van der Waals surface area (Å²) < 4.78 is 5.87. The second kappa shape index (κ2) is 6.25. The average molecular weight is 334 g/mol. The van der Waals surface area contributed by atoms with Crippen molar-refractivity contribution in [1.29, 1.82) is 0 Å². The van der Waals surface area contributed by atoms with E-state index in [1.807, 2.05) is 6.08 Å². The molecule has 2 bridgehead atoms. The van der Waals surface area contributed by atoms with Crippen LogP contribution in [0.2, 0.25) is 0 Å². The number of allylic oxidation sites excluding steroid dienone is 1. The lowest BCUT2D eigenvalue weighted by Crippen LogP contribution is -2.51. The normalized spacial score (nSPS) is 51.6. The van der Waals surface area contributed by atoms with E-state index in [1.165, 1.54) is 0 Å². The summed E-state index contributed by atoms with van der Waals surface area (Å²) in [5.41, 5.74) is -0.488. The van der Waals surface area contributed by atoms with Crippen LogP contribution in [-0.4, -0.2) is 30.7 Å². The van der Waals surface area contributed by atoms with Gasteiger partial charge in [-0.2, -0.15) is 0 Å². The van der Waals surface area contributed by atoms with E-state index in [2.05, 4.69) is 27.4 Å². The van der Waals surface area contributed by atoms with Crippen molar-refractivity contribution in [3.8, 4) is 0 Å². The van der Waals surface area contributed by atoms with Gasteiger partial charge >= 0.3 is 0 Å². The SMILES string of the molecule is C=C[C@]1(C)C[C@H]2C(CO)C3C(OC)CC[C@@]3(CC[C@H]2C)[C@@H](C)C1=O. The van der Waals surface area contributed by atoms with Gasteiger partial charge in [-0.1, -0.05) is 19.9 Å². The van der Waals surface area contributed by atoms with E-state index in [1.54, 1.807) is 7.11 Å². The molecule has 1 N–H and O–H groups in total. The zero-order valence-corrected chi connectivity index (χ0v) is 15.8. The van der Waals surface area contributed by atoms with Crippen molar-refractivity contribution in [2.24, 2.45) is 40.4 Å². The van der Waals surface area contributed by atoms with Gasteiger partial charge in [-0.25, -0.2) is 0 Å². The highest BCUT2D eigenvalue weighted by Gasteiger charge is 2.62. The summed E-state index contributed by atoms with van der Waals surface area (Å²) in [5.74, 6) is 1.78. The summed E-state index contributed by atoms with van der Waals surface area (Å²) in [6.45, 7) is 10.7. The summed E-state index contributed by atoms with van der Waals surface area (Å²) in [6, 6.07) is 0. The fourth-order valence-electron chi connectivity index (χ4n) is 6.64. The molecule has 0 aliphatic heterocycles. The van der Waals surface area contributed by atoms with Crippen LogP contribution in [0.5, 0.6) is 0 Å². The van der Waals surface area contributed by atoms with Gasteiger partial charge in [0.15, 0.2) is 0 Å². The number of rotatable bonds is 3. The first-order valence-electron chi connectivity index (χ1n) is 9.66. The van der Waals surface area contributed by atoms with Crippen molar-refractivity contribution < 1.29 is 14.6 Å². The van der Waals surface area contributed by atoms with E-state index >= 15 is 0 Å². The Hall–Kier alpha value is -0.670. The van der Waals surface area contributed by atoms with Crippen LogP contribution in [0, 0.1) is 40.4 Å². The van der Waals surface area contributed by atoms with Crippen LogP contribution in [0.4, 0.5) is 0 Å². The molecule has 136 valence electrons. The van der Waals surface area contributed by atoms with E-state index < -0.39 is 5.41 Å². The zero-order chi connectivity index (χ0) is 17.7. The van der Waals surface area contributed by atoms with Gasteiger partial charge in [0.1, 0.15) is 5.78 Å². The minimum absolute atomic E-state index is 0.00551. The maximum absolute atomic E-state index is 13.5. The molecule has 0 heterocycles. The number of aliphatic hydroxyl groups is 1. The smallest absolute Gasteiger partial charge is 0.145 e. The number of carbonyl (C=O) groups is 1. The molecular weight excluding hydrogens is 300 g/mol. The minimum Gasteiger partial charge on any atom is -0.396 e. The molecule has 0 amide bonds. The molecule has 8 atom stereocenters. The molecule has 0 aromatic heterocycles. The number of methoxy groups -OCH3 is 1. The number of hydrogen-bond donors (Lipinski definition) is 1. The Morgan fingerprint density at radius 2 is 2.00 bits per heavy atom. The van der Waals surface area contributed by atoms with Gasteiger partial charge in [-0.3, -0.25) is 4.79 Å². The number of aliphatic hydroxyl groups excluding tert-OH is 1. The van der Waals surface area contributed by atoms with E-state index in [9.17, 15) is 9.90 Å². The van der Waals surface area contributed by atoms with Crippen LogP contribution in [0.3, 0.4) is 0 Å². The molecule has 0 saturated heterocycles. The lowest BCUT2D eigenvalue weighted by molar-refractivity contribution is -0.143. The van der Waals surface area contributed by atoms with Crippen molar-refractivity contribution >= 4 is 5.78 Å². The maximum atomic E-state index is 13.5. The number of ether oxygens (including phenoxy) is 1.